The van der Waals surface area contributed by atoms with Gasteiger partial charge in [-0.15, -0.1) is 19.4 Å². The molecule has 2 saturated heterocycles. The first-order chi connectivity index (χ1) is 65.5. The van der Waals surface area contributed by atoms with Gasteiger partial charge in [0.2, 0.25) is 0 Å². The van der Waals surface area contributed by atoms with Crippen molar-refractivity contribution >= 4 is 163 Å². The number of epoxide rings is 2. The first-order valence-electron chi connectivity index (χ1n) is 43.7. The molecule has 0 amide bonds. The molecule has 2 atom stereocenters. The largest absolute Gasteiger partial charge is 0.490 e. The molecule has 0 saturated carbocycles. The Morgan fingerprint density at radius 2 is 0.619 bits per heavy atom. The van der Waals surface area contributed by atoms with Gasteiger partial charge in [-0.25, -0.2) is 4.79 Å². The van der Waals surface area contributed by atoms with Crippen LogP contribution in [0.5, 0.6) is 0 Å². The summed E-state index contributed by atoms with van der Waals surface area (Å²) in [5.41, 5.74) is 15.2. The second-order valence-corrected chi connectivity index (χ2v) is 32.4. The molecule has 23 rings (SSSR count). The minimum absolute atomic E-state index is 0.00152. The molecular formula is C117H88O17. The summed E-state index contributed by atoms with van der Waals surface area (Å²) in [7, 11) is 0. The van der Waals surface area contributed by atoms with E-state index in [0.717, 1.165) is 167 Å². The van der Waals surface area contributed by atoms with E-state index in [4.69, 9.17) is 55.5 Å². The highest BCUT2D eigenvalue weighted by Gasteiger charge is 2.31. The van der Waals surface area contributed by atoms with Crippen molar-refractivity contribution in [3.05, 3.63) is 411 Å². The Morgan fingerprint density at radius 1 is 0.336 bits per heavy atom. The summed E-state index contributed by atoms with van der Waals surface area (Å²) >= 11 is 0. The van der Waals surface area contributed by atoms with Crippen LogP contribution in [0.4, 0.5) is 0 Å². The summed E-state index contributed by atoms with van der Waals surface area (Å²) in [5.74, 6) is 6.22. The van der Waals surface area contributed by atoms with E-state index in [1.807, 2.05) is 273 Å². The maximum absolute atomic E-state index is 12.5. The van der Waals surface area contributed by atoms with E-state index in [9.17, 15) is 38.4 Å². The normalized spacial score (nSPS) is 15.2. The number of allylic oxidation sites excluding steroid dienone is 3. The number of ether oxygens (including phenoxy) is 9. The Hall–Kier alpha value is -16.2. The van der Waals surface area contributed by atoms with E-state index >= 15 is 0 Å². The topological polar surface area (TPSA) is 226 Å². The molecule has 14 aromatic rings. The van der Waals surface area contributed by atoms with Crippen molar-refractivity contribution in [1.82, 2.24) is 0 Å². The van der Waals surface area contributed by atoms with Gasteiger partial charge < -0.3 is 42.6 Å². The molecule has 17 heteroatoms. The van der Waals surface area contributed by atoms with E-state index in [0.29, 0.717) is 84.8 Å². The Labute approximate surface area is 773 Å². The van der Waals surface area contributed by atoms with Crippen LogP contribution in [0, 0.1) is 24.7 Å². The lowest BCUT2D eigenvalue weighted by atomic mass is 9.88. The predicted molar refractivity (Wildman–Crippen MR) is 527 cm³/mol. The molecule has 17 nitrogen and oxygen atoms in total. The van der Waals surface area contributed by atoms with Crippen LogP contribution in [-0.2, 0) is 47.4 Å². The summed E-state index contributed by atoms with van der Waals surface area (Å²) in [6.45, 7) is 17.1. The maximum atomic E-state index is 12.5. The average Bonchev–Trinajstić information content (AvgIpc) is 2.12. The molecule has 2 heterocycles. The van der Waals surface area contributed by atoms with Crippen molar-refractivity contribution in [3.8, 4) is 24.7 Å². The Morgan fingerprint density at radius 3 is 0.948 bits per heavy atom. The fourth-order valence-corrected chi connectivity index (χ4v) is 17.1. The van der Waals surface area contributed by atoms with Gasteiger partial charge in [0.1, 0.15) is 62.5 Å². The number of Topliss-reactive ketones (excluding diaryl/α,β-unsaturated/α-hetero) is 4. The lowest BCUT2D eigenvalue weighted by Crippen LogP contribution is -2.16. The van der Waals surface area contributed by atoms with Crippen molar-refractivity contribution in [2.24, 2.45) is 0 Å². The fraction of sp³-hybridized carbons (Fsp3) is 0.128. The Balaban J connectivity index is 0.000000109. The van der Waals surface area contributed by atoms with E-state index in [1.165, 1.54) is 6.08 Å². The molecule has 2 fully saturated rings. The van der Waals surface area contributed by atoms with E-state index in [1.54, 1.807) is 37.3 Å². The van der Waals surface area contributed by atoms with Crippen LogP contribution in [-0.4, -0.2) is 138 Å². The molecule has 9 aliphatic rings. The van der Waals surface area contributed by atoms with Crippen LogP contribution in [0.25, 0.3) is 117 Å². The Kier molecular flexibility index (Phi) is 27.4. The molecule has 2 aliphatic heterocycles. The van der Waals surface area contributed by atoms with Gasteiger partial charge in [-0.2, -0.15) is 0 Å². The van der Waals surface area contributed by atoms with Crippen LogP contribution in [0.2, 0.25) is 0 Å². The first kappa shape index (κ1) is 89.7. The number of carbonyl (C=O) groups is 8. The maximum Gasteiger partial charge on any atom is 0.333 e. The van der Waals surface area contributed by atoms with Crippen molar-refractivity contribution < 1.29 is 81.0 Å². The van der Waals surface area contributed by atoms with Crippen molar-refractivity contribution in [2.45, 2.75) is 19.1 Å². The van der Waals surface area contributed by atoms with E-state index in [-0.39, 0.29) is 79.1 Å². The van der Waals surface area contributed by atoms with Crippen LogP contribution in [0.1, 0.15) is 118 Å². The van der Waals surface area contributed by atoms with Gasteiger partial charge >= 0.3 is 5.97 Å². The number of carbonyl (C=O) groups excluding carboxylic acids is 8. The quantitative estimate of drug-likeness (QED) is 0.0153. The smallest absolute Gasteiger partial charge is 0.333 e. The highest BCUT2D eigenvalue weighted by Crippen LogP contribution is 2.41. The highest BCUT2D eigenvalue weighted by atomic mass is 16.6. The summed E-state index contributed by atoms with van der Waals surface area (Å²) in [4.78, 5) is 97.6. The summed E-state index contributed by atoms with van der Waals surface area (Å²) in [6, 6.07) is 82.3. The molecule has 2 unspecified atom stereocenters. The molecule has 0 aromatic heterocycles. The van der Waals surface area contributed by atoms with Gasteiger partial charge in [0.25, 0.3) is 0 Å². The molecule has 658 valence electrons. The third kappa shape index (κ3) is 19.5. The number of hydrogen-bond acceptors (Lipinski definition) is 17. The Bertz CT molecular complexity index is 7540. The third-order valence-electron chi connectivity index (χ3n) is 23.4. The number of ketones is 7. The monoisotopic (exact) mass is 1760 g/mol. The van der Waals surface area contributed by atoms with Gasteiger partial charge in [-0.3, -0.25) is 33.6 Å². The van der Waals surface area contributed by atoms with Crippen molar-refractivity contribution in [2.75, 3.05) is 79.3 Å². The first-order valence-corrected chi connectivity index (χ1v) is 43.7. The molecule has 0 spiro atoms. The molecule has 14 aromatic carbocycles. The summed E-state index contributed by atoms with van der Waals surface area (Å²) in [5, 5.41) is 14.5. The van der Waals surface area contributed by atoms with Gasteiger partial charge in [0.05, 0.1) is 46.2 Å². The zero-order valence-corrected chi connectivity index (χ0v) is 73.3. The minimum atomic E-state index is -0.485. The molecule has 7 aliphatic carbocycles. The van der Waals surface area contributed by atoms with Crippen molar-refractivity contribution in [3.63, 3.8) is 0 Å². The average molecular weight is 1770 g/mol. The fourth-order valence-electron chi connectivity index (χ4n) is 17.1. The molecule has 0 radical (unpaired) electrons. The number of terminal acetylenes is 2. The molecule has 134 heavy (non-hydrogen) atoms. The third-order valence-corrected chi connectivity index (χ3v) is 23.4. The summed E-state index contributed by atoms with van der Waals surface area (Å²) < 4.78 is 48.3. The molecular weight excluding hydrogens is 1680 g/mol. The van der Waals surface area contributed by atoms with E-state index < -0.39 is 5.97 Å². The van der Waals surface area contributed by atoms with Crippen LogP contribution < -0.4 is 0 Å². The number of rotatable bonds is 22. The number of benzene rings is 14. The molecule has 0 N–H and O–H groups in total. The lowest BCUT2D eigenvalue weighted by molar-refractivity contribution is -0.137. The zero-order chi connectivity index (χ0) is 92.9. The SMILES string of the molecule is C#CCOC1=CC(=O)c2cccc3cccc1c23.C#CCOCC1=Cc2cccc3cccc(c23)C1=O.C=C(C)C(=O)OCC1=Cc2cccc3cccc(c23)C1=O.C=CCOC1=CC(=O)c2cccc3cccc1c23.C=CCOCC1=Cc2cccc3cccc(c23)C1=O.O=C1C(COCC2CO2)=Cc2cccc3cccc1c23.O=C1C=C(OCC2CO2)c2cccc3cccc1c23. The lowest BCUT2D eigenvalue weighted by Gasteiger charge is -2.18. The second-order valence-electron chi connectivity index (χ2n) is 32.4. The van der Waals surface area contributed by atoms with Crippen molar-refractivity contribution in [1.29, 1.82) is 0 Å². The van der Waals surface area contributed by atoms with Crippen LogP contribution in [0.3, 0.4) is 0 Å². The van der Waals surface area contributed by atoms with Gasteiger partial charge in [-0.1, -0.05) is 292 Å². The summed E-state index contributed by atoms with van der Waals surface area (Å²) in [6.07, 6.45) is 26.3. The number of hydrogen-bond donors (Lipinski definition) is 0. The van der Waals surface area contributed by atoms with Gasteiger partial charge in [0, 0.05) is 139 Å². The van der Waals surface area contributed by atoms with E-state index in [2.05, 4.69) is 31.6 Å². The van der Waals surface area contributed by atoms with Gasteiger partial charge in [-0.05, 0) is 91.2 Å². The second kappa shape index (κ2) is 40.8. The molecule has 0 bridgehead atoms. The highest BCUT2D eigenvalue weighted by molar-refractivity contribution is 6.28. The van der Waals surface area contributed by atoms with Crippen LogP contribution in [0.15, 0.2) is 333 Å². The predicted octanol–water partition coefficient (Wildman–Crippen LogP) is 22.5. The standard InChI is InChI=1S/C18H14O3.C17H14O3.C17H14O2.C17H12O2.C16H12O3.C16H12O2.C16H10O2/c1-11(2)18(20)21-10-14-9-13-7-3-5-12-6-4-8-15(16(12)13)17(14)19;18-17-13(8-19-9-14-10-20-14)7-12-5-1-3-11-4-2-6-15(17)16(11)12;2*1-2-9-19-11-14-10-13-7-3-5-12-6-4-8-15(16(12)13)17(14)18;17-14-7-15(19-9-11-8-18-11)13-6-2-4-10-3-1-5-12(14)16(10)13;2*1-2-9-18-15-10-14(17)12-7-3-5-11-6-4-8-13(15)16(11)12/h3-9H,1,10H2,2H3;1-7,14H,8-10H2;2-8,10H,1,9,11H2;1,3-8,10H,9,11H2;1-7,11H,8-9H2;2-8,10H,1,9H2;1,3-8,10H,9H2. The minimum Gasteiger partial charge on any atom is -0.490 e. The zero-order valence-electron chi connectivity index (χ0n) is 73.3. The van der Waals surface area contributed by atoms with Gasteiger partial charge in [0.15, 0.2) is 40.5 Å². The van der Waals surface area contributed by atoms with Crippen LogP contribution >= 0.6 is 0 Å². The number of esters is 1.